The average molecular weight is 616 g/mol. The number of hydrogen-bond acceptors (Lipinski definition) is 7. The highest BCUT2D eigenvalue weighted by molar-refractivity contribution is 6.38. The van der Waals surface area contributed by atoms with Gasteiger partial charge in [-0.05, 0) is 48.5 Å². The molecule has 6 aromatic rings. The fourth-order valence-corrected chi connectivity index (χ4v) is 5.00. The summed E-state index contributed by atoms with van der Waals surface area (Å²) in [4.78, 5) is 24.2. The number of halogens is 4. The fourth-order valence-electron chi connectivity index (χ4n) is 3.93. The predicted octanol–water partition coefficient (Wildman–Crippen LogP) is 7.61. The van der Waals surface area contributed by atoms with E-state index in [9.17, 15) is 0 Å². The van der Waals surface area contributed by atoms with Gasteiger partial charge >= 0.3 is 0 Å². The Bertz CT molecular complexity index is 1670. The van der Waals surface area contributed by atoms with Crippen molar-refractivity contribution < 1.29 is 14.2 Å². The van der Waals surface area contributed by atoms with Crippen molar-refractivity contribution in [1.29, 1.82) is 0 Å². The Hall–Kier alpha value is -3.60. The molecule has 0 radical (unpaired) electrons. The average Bonchev–Trinajstić information content (AvgIpc) is 3.56. The lowest BCUT2D eigenvalue weighted by atomic mass is 10.3. The highest BCUT2D eigenvalue weighted by Gasteiger charge is 2.12. The molecule has 0 aliphatic heterocycles. The van der Waals surface area contributed by atoms with E-state index in [1.807, 2.05) is 0 Å². The van der Waals surface area contributed by atoms with Crippen LogP contribution in [0.15, 0.2) is 60.9 Å². The van der Waals surface area contributed by atoms with Crippen molar-refractivity contribution in [2.24, 2.45) is 0 Å². The normalized spacial score (nSPS) is 11.4. The van der Waals surface area contributed by atoms with Crippen LogP contribution in [0.3, 0.4) is 0 Å². The van der Waals surface area contributed by atoms with Crippen LogP contribution >= 0.6 is 46.4 Å². The summed E-state index contributed by atoms with van der Waals surface area (Å²) >= 11 is 24.6. The van der Waals surface area contributed by atoms with Crippen molar-refractivity contribution >= 4 is 68.5 Å². The third-order valence-electron chi connectivity index (χ3n) is 5.77. The minimum Gasteiger partial charge on any atom is -0.490 e. The van der Waals surface area contributed by atoms with Crippen molar-refractivity contribution in [3.8, 4) is 34.5 Å². The van der Waals surface area contributed by atoms with Gasteiger partial charge in [0.05, 0.1) is 40.1 Å². The molecule has 6 rings (SSSR count). The quantitative estimate of drug-likeness (QED) is 0.127. The number of rotatable bonds is 9. The first-order valence-corrected chi connectivity index (χ1v) is 13.4. The van der Waals surface area contributed by atoms with E-state index in [1.54, 1.807) is 60.9 Å². The van der Waals surface area contributed by atoms with Crippen molar-refractivity contribution in [1.82, 2.24) is 29.9 Å². The zero-order chi connectivity index (χ0) is 27.6. The molecule has 0 bridgehead atoms. The summed E-state index contributed by atoms with van der Waals surface area (Å²) in [5.74, 6) is 2.31. The van der Waals surface area contributed by atoms with Gasteiger partial charge in [-0.2, -0.15) is 0 Å². The van der Waals surface area contributed by atoms with Crippen LogP contribution in [0.2, 0.25) is 20.1 Å². The molecule has 13 heteroatoms. The molecule has 202 valence electrons. The van der Waals surface area contributed by atoms with Gasteiger partial charge < -0.3 is 24.2 Å². The molecule has 0 unspecified atom stereocenters. The van der Waals surface area contributed by atoms with Crippen LogP contribution in [0.1, 0.15) is 0 Å². The molecule has 0 saturated carbocycles. The van der Waals surface area contributed by atoms with Crippen LogP contribution in [-0.4, -0.2) is 49.9 Å². The molecular weight excluding hydrogens is 598 g/mol. The molecule has 0 spiro atoms. The Kier molecular flexibility index (Phi) is 7.64. The van der Waals surface area contributed by atoms with Crippen LogP contribution < -0.4 is 9.47 Å². The maximum atomic E-state index is 6.23. The first kappa shape index (κ1) is 26.6. The number of aromatic amines is 2. The summed E-state index contributed by atoms with van der Waals surface area (Å²) in [6, 6.07) is 14.0. The second kappa shape index (κ2) is 11.5. The summed E-state index contributed by atoms with van der Waals surface area (Å²) in [7, 11) is 0. The van der Waals surface area contributed by atoms with Gasteiger partial charge in [0.1, 0.15) is 40.5 Å². The summed E-state index contributed by atoms with van der Waals surface area (Å²) in [5.41, 5.74) is 4.03. The number of nitrogens with zero attached hydrogens (tertiary/aromatic N) is 4. The Morgan fingerprint density at radius 1 is 0.625 bits per heavy atom. The Balaban J connectivity index is 0.959. The topological polar surface area (TPSA) is 111 Å². The number of hydrogen-bond donors (Lipinski definition) is 2. The molecule has 0 aliphatic carbocycles. The van der Waals surface area contributed by atoms with E-state index in [0.717, 1.165) is 11.0 Å². The van der Waals surface area contributed by atoms with Gasteiger partial charge in [-0.15, -0.1) is 0 Å². The second-order valence-electron chi connectivity index (χ2n) is 8.52. The largest absolute Gasteiger partial charge is 0.490 e. The maximum absolute atomic E-state index is 6.23. The monoisotopic (exact) mass is 614 g/mol. The number of H-pyrrole nitrogens is 2. The minimum absolute atomic E-state index is 0.0406. The predicted molar refractivity (Wildman–Crippen MR) is 156 cm³/mol. The number of aromatic nitrogens is 6. The third-order valence-corrected chi connectivity index (χ3v) is 6.79. The van der Waals surface area contributed by atoms with Crippen LogP contribution in [-0.2, 0) is 4.74 Å². The minimum atomic E-state index is 0.0406. The summed E-state index contributed by atoms with van der Waals surface area (Å²) in [6.07, 6.45) is 3.21. The highest BCUT2D eigenvalue weighted by Crippen LogP contribution is 2.30. The van der Waals surface area contributed by atoms with Gasteiger partial charge in [0.25, 0.3) is 0 Å². The number of fused-ring (bicyclic) bond motifs is 2. The van der Waals surface area contributed by atoms with Crippen LogP contribution in [0.5, 0.6) is 11.5 Å². The van der Waals surface area contributed by atoms with Gasteiger partial charge in [0.2, 0.25) is 0 Å². The van der Waals surface area contributed by atoms with Gasteiger partial charge in [0, 0.05) is 10.0 Å². The molecule has 0 fully saturated rings. The van der Waals surface area contributed by atoms with Crippen molar-refractivity contribution in [3.63, 3.8) is 0 Å². The second-order valence-corrected chi connectivity index (χ2v) is 10.2. The molecule has 0 saturated heterocycles. The fraction of sp³-hybridized carbons (Fsp3) is 0.111. The highest BCUT2D eigenvalue weighted by atomic mass is 35.5. The SMILES string of the molecule is Clc1cc(Cl)c2nc(-c3ccc(OCCOCOc4ccc(-c5nc6c(Cl)cc(Cl)cc6[nH]5)nc4)cn3)[nH]c2c1. The van der Waals surface area contributed by atoms with Crippen LogP contribution in [0, 0.1) is 0 Å². The summed E-state index contributed by atoms with van der Waals surface area (Å²) in [6.45, 7) is 0.677. The number of ether oxygens (including phenoxy) is 3. The van der Waals surface area contributed by atoms with E-state index >= 15 is 0 Å². The summed E-state index contributed by atoms with van der Waals surface area (Å²) < 4.78 is 16.8. The van der Waals surface area contributed by atoms with Gasteiger partial charge in [0.15, 0.2) is 18.4 Å². The zero-order valence-electron chi connectivity index (χ0n) is 20.4. The zero-order valence-corrected chi connectivity index (χ0v) is 23.4. The van der Waals surface area contributed by atoms with E-state index in [4.69, 9.17) is 60.6 Å². The first-order chi connectivity index (χ1) is 19.4. The van der Waals surface area contributed by atoms with E-state index < -0.39 is 0 Å². The molecular formula is C27H18Cl4N6O3. The molecule has 9 nitrogen and oxygen atoms in total. The van der Waals surface area contributed by atoms with Gasteiger partial charge in [-0.3, -0.25) is 0 Å². The molecule has 0 aliphatic rings. The molecule has 0 amide bonds. The lowest BCUT2D eigenvalue weighted by Crippen LogP contribution is -2.10. The van der Waals surface area contributed by atoms with E-state index in [0.29, 0.717) is 78.9 Å². The smallest absolute Gasteiger partial charge is 0.189 e. The summed E-state index contributed by atoms with van der Waals surface area (Å²) in [5, 5.41) is 2.00. The van der Waals surface area contributed by atoms with Crippen LogP contribution in [0.4, 0.5) is 0 Å². The standard InChI is InChI=1S/C27H18Cl4N6O3/c28-14-7-18(30)24-22(9-14)34-26(36-24)20-3-1-16(11-32-20)39-6-5-38-13-40-17-2-4-21(33-12-17)27-35-23-10-15(29)8-19(31)25(23)37-27/h1-4,7-12H,5-6,13H2,(H,34,36)(H,35,37). The number of imidazole rings is 2. The first-order valence-electron chi connectivity index (χ1n) is 11.9. The molecule has 40 heavy (non-hydrogen) atoms. The van der Waals surface area contributed by atoms with Crippen LogP contribution in [0.25, 0.3) is 45.1 Å². The van der Waals surface area contributed by atoms with Crippen molar-refractivity contribution in [2.45, 2.75) is 0 Å². The van der Waals surface area contributed by atoms with Gasteiger partial charge in [-0.1, -0.05) is 46.4 Å². The maximum Gasteiger partial charge on any atom is 0.189 e. The molecule has 0 atom stereocenters. The van der Waals surface area contributed by atoms with Crippen molar-refractivity contribution in [3.05, 3.63) is 81.0 Å². The number of nitrogens with one attached hydrogen (secondary N) is 2. The van der Waals surface area contributed by atoms with E-state index in [1.165, 1.54) is 0 Å². The molecule has 4 heterocycles. The lowest BCUT2D eigenvalue weighted by molar-refractivity contribution is 0.00226. The number of pyridine rings is 2. The Morgan fingerprint density at radius 2 is 1.15 bits per heavy atom. The Labute approximate surface area is 247 Å². The lowest BCUT2D eigenvalue weighted by Gasteiger charge is -2.09. The van der Waals surface area contributed by atoms with E-state index in [-0.39, 0.29) is 6.79 Å². The molecule has 2 N–H and O–H groups in total. The molecule has 4 aromatic heterocycles. The Morgan fingerprint density at radius 3 is 1.65 bits per heavy atom. The van der Waals surface area contributed by atoms with E-state index in [2.05, 4.69) is 29.9 Å². The van der Waals surface area contributed by atoms with Crippen molar-refractivity contribution in [2.75, 3.05) is 20.0 Å². The molecule has 2 aromatic carbocycles. The van der Waals surface area contributed by atoms with Gasteiger partial charge in [-0.25, -0.2) is 19.9 Å². The number of benzene rings is 2. The third kappa shape index (κ3) is 5.79.